The highest BCUT2D eigenvalue weighted by Gasteiger charge is 2.51. The lowest BCUT2D eigenvalue weighted by atomic mass is 9.74. The molecule has 1 aliphatic carbocycles. The largest absolute Gasteiger partial charge is 0.487 e. The Bertz CT molecular complexity index is 1500. The summed E-state index contributed by atoms with van der Waals surface area (Å²) in [6, 6.07) is 11.3. The fraction of sp³-hybridized carbons (Fsp3) is 0.500. The monoisotopic (exact) mass is 590 g/mol. The van der Waals surface area contributed by atoms with E-state index in [1.165, 1.54) is 11.0 Å². The van der Waals surface area contributed by atoms with Gasteiger partial charge in [-0.05, 0) is 68.7 Å². The third kappa shape index (κ3) is 5.54. The molecule has 3 N–H and O–H groups in total. The van der Waals surface area contributed by atoms with Gasteiger partial charge in [0.05, 0.1) is 24.0 Å². The number of guanidine groups is 1. The van der Waals surface area contributed by atoms with Gasteiger partial charge in [0.1, 0.15) is 11.4 Å². The lowest BCUT2D eigenvalue weighted by Gasteiger charge is -2.46. The van der Waals surface area contributed by atoms with Crippen LogP contribution in [0.2, 0.25) is 0 Å². The van der Waals surface area contributed by atoms with Crippen molar-refractivity contribution in [3.05, 3.63) is 70.8 Å². The number of nitrogens with two attached hydrogens (primary N) is 1. The second kappa shape index (κ2) is 10.8. The first-order valence-corrected chi connectivity index (χ1v) is 15.3. The number of rotatable bonds is 1. The molecule has 5 aliphatic rings. The van der Waals surface area contributed by atoms with Gasteiger partial charge in [-0.3, -0.25) is 14.5 Å². The molecule has 0 aromatic heterocycles. The molecule has 228 valence electrons. The number of hydrogen-bond donors (Lipinski definition) is 2. The summed E-state index contributed by atoms with van der Waals surface area (Å²) in [4.78, 5) is 33.7. The smallest absolute Gasteiger partial charge is 0.273 e. The Labute approximate surface area is 251 Å². The van der Waals surface area contributed by atoms with Gasteiger partial charge in [0.25, 0.3) is 5.92 Å². The molecule has 0 saturated heterocycles. The molecule has 0 saturated carbocycles. The number of aliphatic imine (C=N–C) groups is 1. The molecule has 4 heterocycles. The van der Waals surface area contributed by atoms with Gasteiger partial charge in [0, 0.05) is 30.4 Å². The summed E-state index contributed by atoms with van der Waals surface area (Å²) in [5.41, 5.74) is 7.56. The zero-order valence-corrected chi connectivity index (χ0v) is 25.0. The Hall–Kier alpha value is -3.75. The number of fused-ring (bicyclic) bond motifs is 7. The molecule has 2 amide bonds. The molecule has 0 unspecified atom stereocenters. The maximum atomic E-state index is 15.6. The third-order valence-corrected chi connectivity index (χ3v) is 9.58. The molecule has 0 radical (unpaired) electrons. The standard InChI is InChI=1S/C34H40F2N4O3/c1-4-33-16-8-7-9-21-12-14-27-24(17-21)26(19-32(2,3)43-27)38-28(41)15-13-22-18-34(35,36)25-11-6-5-10-23(25)30(22)40(29(42)20-33)31(37)39-33/h5-7,9-12,14,17,22,26,30H,4,8,13,15-16,18-20H2,1-3H3,(H2,37,39)(H,38,41)/b9-7+/t22-,26+,30+,33-/m1/s1. The van der Waals surface area contributed by atoms with E-state index in [-0.39, 0.29) is 48.6 Å². The van der Waals surface area contributed by atoms with Crippen LogP contribution in [0.1, 0.15) is 106 Å². The first-order chi connectivity index (χ1) is 20.4. The van der Waals surface area contributed by atoms with Crippen LogP contribution in [-0.4, -0.2) is 33.8 Å². The lowest BCUT2D eigenvalue weighted by molar-refractivity contribution is -0.135. The molecule has 0 spiro atoms. The van der Waals surface area contributed by atoms with Crippen molar-refractivity contribution in [1.82, 2.24) is 10.2 Å². The number of carbonyl (C=O) groups excluding carboxylic acids is 2. The molecule has 4 aliphatic heterocycles. The van der Waals surface area contributed by atoms with E-state index in [4.69, 9.17) is 15.5 Å². The van der Waals surface area contributed by atoms with Crippen LogP contribution < -0.4 is 15.8 Å². The highest BCUT2D eigenvalue weighted by molar-refractivity contribution is 5.99. The second-order valence-electron chi connectivity index (χ2n) is 13.2. The Morgan fingerprint density at radius 2 is 1.91 bits per heavy atom. The minimum absolute atomic E-state index is 0.0318. The van der Waals surface area contributed by atoms with Crippen LogP contribution >= 0.6 is 0 Å². The fourth-order valence-electron chi connectivity index (χ4n) is 7.42. The topological polar surface area (TPSA) is 97.0 Å². The van der Waals surface area contributed by atoms with Crippen LogP contribution in [0.15, 0.2) is 53.5 Å². The van der Waals surface area contributed by atoms with Crippen molar-refractivity contribution in [2.45, 2.75) is 101 Å². The van der Waals surface area contributed by atoms with Gasteiger partial charge in [-0.15, -0.1) is 0 Å². The number of allylic oxidation sites excluding steroid dienone is 1. The summed E-state index contributed by atoms with van der Waals surface area (Å²) < 4.78 is 37.4. The number of nitrogens with zero attached hydrogens (tertiary/aromatic N) is 2. The van der Waals surface area contributed by atoms with E-state index < -0.39 is 35.4 Å². The molecule has 0 fully saturated rings. The van der Waals surface area contributed by atoms with Gasteiger partial charge in [0.2, 0.25) is 11.8 Å². The van der Waals surface area contributed by atoms with Gasteiger partial charge in [-0.1, -0.05) is 49.4 Å². The number of amides is 2. The zero-order valence-electron chi connectivity index (χ0n) is 25.0. The zero-order chi connectivity index (χ0) is 30.6. The molecule has 2 aromatic carbocycles. The highest BCUT2D eigenvalue weighted by Crippen LogP contribution is 2.52. The summed E-state index contributed by atoms with van der Waals surface area (Å²) in [6.07, 6.45) is 6.47. The predicted molar refractivity (Wildman–Crippen MR) is 161 cm³/mol. The summed E-state index contributed by atoms with van der Waals surface area (Å²) in [5.74, 6) is -3.45. The van der Waals surface area contributed by atoms with Gasteiger partial charge < -0.3 is 15.8 Å². The van der Waals surface area contributed by atoms with E-state index in [0.29, 0.717) is 31.2 Å². The van der Waals surface area contributed by atoms with Crippen LogP contribution in [0.5, 0.6) is 5.75 Å². The molecule has 7 nitrogen and oxygen atoms in total. The van der Waals surface area contributed by atoms with Crippen LogP contribution in [0.3, 0.4) is 0 Å². The quantitative estimate of drug-likeness (QED) is 0.394. The van der Waals surface area contributed by atoms with E-state index >= 15 is 8.78 Å². The van der Waals surface area contributed by atoms with E-state index in [1.54, 1.807) is 18.2 Å². The average molecular weight is 591 g/mol. The maximum Gasteiger partial charge on any atom is 0.273 e. The molecular weight excluding hydrogens is 550 g/mol. The third-order valence-electron chi connectivity index (χ3n) is 9.58. The minimum atomic E-state index is -3.10. The van der Waals surface area contributed by atoms with Crippen LogP contribution in [-0.2, 0) is 15.5 Å². The first-order valence-electron chi connectivity index (χ1n) is 15.3. The van der Waals surface area contributed by atoms with E-state index in [2.05, 4.69) is 11.4 Å². The number of ether oxygens (including phenoxy) is 1. The van der Waals surface area contributed by atoms with Gasteiger partial charge >= 0.3 is 0 Å². The van der Waals surface area contributed by atoms with Crippen molar-refractivity contribution < 1.29 is 23.1 Å². The SMILES string of the molecule is CC[C@@]12CC/C=C/c3ccc4c(c3)[C@H](CC(C)(C)O4)NC(=O)CC[C@@H]3CC(F)(F)c4ccccc4[C@H]3N(C(=O)C1)C(N)=N2. The van der Waals surface area contributed by atoms with Crippen LogP contribution in [0.4, 0.5) is 8.78 Å². The van der Waals surface area contributed by atoms with Crippen molar-refractivity contribution in [3.63, 3.8) is 0 Å². The van der Waals surface area contributed by atoms with E-state index in [9.17, 15) is 9.59 Å². The van der Waals surface area contributed by atoms with Crippen molar-refractivity contribution in [1.29, 1.82) is 0 Å². The number of hydrogen-bond acceptors (Lipinski definition) is 5. The van der Waals surface area contributed by atoms with Gasteiger partial charge in [-0.25, -0.2) is 13.8 Å². The molecule has 4 atom stereocenters. The number of carbonyl (C=O) groups is 2. The fourth-order valence-corrected chi connectivity index (χ4v) is 7.42. The number of alkyl halides is 2. The Morgan fingerprint density at radius 1 is 1.12 bits per heavy atom. The normalized spacial score (nSPS) is 30.5. The molecule has 7 rings (SSSR count). The molecule has 43 heavy (non-hydrogen) atoms. The van der Waals surface area contributed by atoms with Gasteiger partial charge in [0.15, 0.2) is 5.96 Å². The summed E-state index contributed by atoms with van der Waals surface area (Å²) in [7, 11) is 0. The molecule has 9 heteroatoms. The summed E-state index contributed by atoms with van der Waals surface area (Å²) in [5, 5.41) is 3.17. The Morgan fingerprint density at radius 3 is 2.67 bits per heavy atom. The number of benzene rings is 2. The van der Waals surface area contributed by atoms with Crippen molar-refractivity contribution >= 4 is 23.8 Å². The predicted octanol–water partition coefficient (Wildman–Crippen LogP) is 6.54. The lowest BCUT2D eigenvalue weighted by Crippen LogP contribution is -2.55. The van der Waals surface area contributed by atoms with E-state index in [0.717, 1.165) is 16.9 Å². The van der Waals surface area contributed by atoms with Crippen molar-refractivity contribution in [3.8, 4) is 5.75 Å². The van der Waals surface area contributed by atoms with Gasteiger partial charge in [-0.2, -0.15) is 0 Å². The maximum absolute atomic E-state index is 15.6. The molecule has 2 aromatic rings. The highest BCUT2D eigenvalue weighted by atomic mass is 19.3. The van der Waals surface area contributed by atoms with Crippen molar-refractivity contribution in [2.24, 2.45) is 16.6 Å². The Balaban J connectivity index is 1.42. The second-order valence-corrected chi connectivity index (χ2v) is 13.2. The first kappa shape index (κ1) is 29.3. The van der Waals surface area contributed by atoms with Crippen LogP contribution in [0, 0.1) is 5.92 Å². The molecule has 4 bridgehead atoms. The number of nitrogens with one attached hydrogen (secondary N) is 1. The molecular formula is C34H40F2N4O3. The minimum Gasteiger partial charge on any atom is -0.487 e. The number of halogens is 2. The summed E-state index contributed by atoms with van der Waals surface area (Å²) in [6.45, 7) is 5.98. The van der Waals surface area contributed by atoms with E-state index in [1.807, 2.05) is 45.0 Å². The Kier molecular flexibility index (Phi) is 7.33. The van der Waals surface area contributed by atoms with Crippen LogP contribution in [0.25, 0.3) is 6.08 Å². The summed E-state index contributed by atoms with van der Waals surface area (Å²) >= 11 is 0. The average Bonchev–Trinajstić information content (AvgIpc) is 2.94. The van der Waals surface area contributed by atoms with Crippen molar-refractivity contribution in [2.75, 3.05) is 0 Å².